The minimum Gasteiger partial charge on any atom is -0.338 e. The monoisotopic (exact) mass is 416 g/mol. The average molecular weight is 417 g/mol. The Morgan fingerprint density at radius 3 is 2.37 bits per heavy atom. The number of hydrogen-bond donors (Lipinski definition) is 2. The summed E-state index contributed by atoms with van der Waals surface area (Å²) in [6, 6.07) is 5.81. The van der Waals surface area contributed by atoms with Crippen LogP contribution < -0.4 is 10.6 Å². The Morgan fingerprint density at radius 1 is 1.15 bits per heavy atom. The minimum atomic E-state index is -3.67. The molecule has 0 saturated carbocycles. The number of piperazine rings is 1. The molecule has 1 aromatic carbocycles. The van der Waals surface area contributed by atoms with Crippen LogP contribution in [0.15, 0.2) is 29.2 Å². The molecule has 1 aromatic rings. The van der Waals surface area contributed by atoms with E-state index in [1.54, 1.807) is 18.2 Å². The second-order valence-corrected chi connectivity index (χ2v) is 9.08. The molecule has 1 aliphatic rings. The molecule has 8 nitrogen and oxygen atoms in total. The zero-order valence-corrected chi connectivity index (χ0v) is 17.0. The van der Waals surface area contributed by atoms with Gasteiger partial charge >= 0.3 is 6.03 Å². The van der Waals surface area contributed by atoms with Crippen LogP contribution in [-0.2, 0) is 14.8 Å². The third-order valence-corrected chi connectivity index (χ3v) is 6.48. The molecule has 150 valence electrons. The molecule has 10 heteroatoms. The zero-order chi connectivity index (χ0) is 20.0. The fraction of sp³-hybridized carbons (Fsp3) is 0.529. The summed E-state index contributed by atoms with van der Waals surface area (Å²) < 4.78 is 26.8. The molecular weight excluding hydrogens is 392 g/mol. The number of amides is 3. The highest BCUT2D eigenvalue weighted by molar-refractivity contribution is 7.89. The first-order valence-electron chi connectivity index (χ1n) is 8.75. The standard InChI is InChI=1S/C17H25ClN4O4S/c1-13(2)11-19-17(24)20-16(23)12-21-7-9-22(10-8-21)27(25,26)15-6-4-3-5-14(15)18/h3-6,13H,7-12H2,1-2H3,(H2,19,20,23,24). The van der Waals surface area contributed by atoms with Gasteiger partial charge in [0.05, 0.1) is 11.6 Å². The van der Waals surface area contributed by atoms with Gasteiger partial charge in [-0.05, 0) is 18.1 Å². The quantitative estimate of drug-likeness (QED) is 0.724. The Bertz CT molecular complexity index is 777. The van der Waals surface area contributed by atoms with Gasteiger partial charge in [0, 0.05) is 32.7 Å². The number of halogens is 1. The number of nitrogens with one attached hydrogen (secondary N) is 2. The van der Waals surface area contributed by atoms with Crippen molar-refractivity contribution < 1.29 is 18.0 Å². The molecular formula is C17H25ClN4O4S. The molecule has 0 atom stereocenters. The van der Waals surface area contributed by atoms with Gasteiger partial charge in [-0.25, -0.2) is 13.2 Å². The SMILES string of the molecule is CC(C)CNC(=O)NC(=O)CN1CCN(S(=O)(=O)c2ccccc2Cl)CC1. The number of benzene rings is 1. The van der Waals surface area contributed by atoms with Crippen LogP contribution in [0, 0.1) is 5.92 Å². The van der Waals surface area contributed by atoms with Crippen molar-refractivity contribution >= 4 is 33.6 Å². The zero-order valence-electron chi connectivity index (χ0n) is 15.4. The lowest BCUT2D eigenvalue weighted by Crippen LogP contribution is -2.52. The van der Waals surface area contributed by atoms with E-state index in [1.165, 1.54) is 10.4 Å². The molecule has 3 amide bonds. The van der Waals surface area contributed by atoms with Gasteiger partial charge in [-0.3, -0.25) is 15.0 Å². The first-order chi connectivity index (χ1) is 12.7. The van der Waals surface area contributed by atoms with Crippen LogP contribution in [0.3, 0.4) is 0 Å². The van der Waals surface area contributed by atoms with E-state index in [4.69, 9.17) is 11.6 Å². The van der Waals surface area contributed by atoms with E-state index in [0.717, 1.165) is 0 Å². The van der Waals surface area contributed by atoms with Gasteiger partial charge in [0.2, 0.25) is 15.9 Å². The minimum absolute atomic E-state index is 0.0368. The normalized spacial score (nSPS) is 16.3. The first-order valence-corrected chi connectivity index (χ1v) is 10.6. The van der Waals surface area contributed by atoms with Crippen molar-refractivity contribution in [2.75, 3.05) is 39.3 Å². The Kier molecular flexibility index (Phi) is 7.60. The van der Waals surface area contributed by atoms with Crippen molar-refractivity contribution in [1.82, 2.24) is 19.8 Å². The van der Waals surface area contributed by atoms with Crippen molar-refractivity contribution in [2.45, 2.75) is 18.7 Å². The summed E-state index contributed by atoms with van der Waals surface area (Å²) in [5.74, 6) is -0.127. The Balaban J connectivity index is 1.84. The summed E-state index contributed by atoms with van der Waals surface area (Å²) in [5, 5.41) is 5.08. The Labute approximate surface area is 164 Å². The summed E-state index contributed by atoms with van der Waals surface area (Å²) in [7, 11) is -3.67. The van der Waals surface area contributed by atoms with Gasteiger partial charge in [0.25, 0.3) is 0 Å². The summed E-state index contributed by atoms with van der Waals surface area (Å²) >= 11 is 6.01. The lowest BCUT2D eigenvalue weighted by Gasteiger charge is -2.33. The van der Waals surface area contributed by atoms with E-state index < -0.39 is 22.0 Å². The second kappa shape index (κ2) is 9.50. The van der Waals surface area contributed by atoms with Gasteiger partial charge in [-0.1, -0.05) is 37.6 Å². The molecule has 0 radical (unpaired) electrons. The van der Waals surface area contributed by atoms with E-state index in [0.29, 0.717) is 25.6 Å². The van der Waals surface area contributed by atoms with Crippen LogP contribution in [0.4, 0.5) is 4.79 Å². The van der Waals surface area contributed by atoms with Crippen LogP contribution >= 0.6 is 11.6 Å². The molecule has 0 bridgehead atoms. The van der Waals surface area contributed by atoms with Crippen molar-refractivity contribution in [3.05, 3.63) is 29.3 Å². The van der Waals surface area contributed by atoms with Gasteiger partial charge in [-0.2, -0.15) is 4.31 Å². The van der Waals surface area contributed by atoms with Gasteiger partial charge in [0.15, 0.2) is 0 Å². The maximum absolute atomic E-state index is 12.7. The molecule has 27 heavy (non-hydrogen) atoms. The molecule has 1 heterocycles. The van der Waals surface area contributed by atoms with Crippen LogP contribution in [0.2, 0.25) is 5.02 Å². The molecule has 1 aliphatic heterocycles. The van der Waals surface area contributed by atoms with Crippen LogP contribution in [0.5, 0.6) is 0 Å². The highest BCUT2D eigenvalue weighted by atomic mass is 35.5. The topological polar surface area (TPSA) is 98.8 Å². The van der Waals surface area contributed by atoms with Crippen LogP contribution in [0.25, 0.3) is 0 Å². The second-order valence-electron chi connectivity index (χ2n) is 6.76. The first kappa shape index (κ1) is 21.6. The fourth-order valence-corrected chi connectivity index (χ4v) is 4.55. The van der Waals surface area contributed by atoms with Gasteiger partial charge in [-0.15, -0.1) is 0 Å². The van der Waals surface area contributed by atoms with Gasteiger partial charge < -0.3 is 5.32 Å². The maximum Gasteiger partial charge on any atom is 0.321 e. The van der Waals surface area contributed by atoms with E-state index in [1.807, 2.05) is 18.7 Å². The Hall–Kier alpha value is -1.68. The predicted molar refractivity (Wildman–Crippen MR) is 103 cm³/mol. The molecule has 0 aliphatic carbocycles. The molecule has 0 spiro atoms. The van der Waals surface area contributed by atoms with Gasteiger partial charge in [0.1, 0.15) is 4.90 Å². The number of carbonyl (C=O) groups excluding carboxylic acids is 2. The third kappa shape index (κ3) is 6.17. The number of nitrogens with zero attached hydrogens (tertiary/aromatic N) is 2. The maximum atomic E-state index is 12.7. The fourth-order valence-electron chi connectivity index (χ4n) is 2.63. The summed E-state index contributed by atoms with van der Waals surface area (Å²) in [5.41, 5.74) is 0. The molecule has 1 saturated heterocycles. The van der Waals surface area contributed by atoms with Crippen LogP contribution in [0.1, 0.15) is 13.8 Å². The van der Waals surface area contributed by atoms with E-state index >= 15 is 0 Å². The van der Waals surface area contributed by atoms with E-state index in [9.17, 15) is 18.0 Å². The molecule has 0 aromatic heterocycles. The van der Waals surface area contributed by atoms with Crippen LogP contribution in [-0.4, -0.2) is 68.8 Å². The van der Waals surface area contributed by atoms with Crippen molar-refractivity contribution in [1.29, 1.82) is 0 Å². The number of sulfonamides is 1. The smallest absolute Gasteiger partial charge is 0.321 e. The number of carbonyl (C=O) groups is 2. The van der Waals surface area contributed by atoms with Crippen molar-refractivity contribution in [3.63, 3.8) is 0 Å². The summed E-state index contributed by atoms with van der Waals surface area (Å²) in [6.07, 6.45) is 0. The van der Waals surface area contributed by atoms with Crippen molar-refractivity contribution in [2.24, 2.45) is 5.92 Å². The highest BCUT2D eigenvalue weighted by Gasteiger charge is 2.30. The lowest BCUT2D eigenvalue weighted by atomic mass is 10.2. The number of rotatable bonds is 6. The van der Waals surface area contributed by atoms with E-state index in [-0.39, 0.29) is 29.6 Å². The highest BCUT2D eigenvalue weighted by Crippen LogP contribution is 2.24. The largest absolute Gasteiger partial charge is 0.338 e. The summed E-state index contributed by atoms with van der Waals surface area (Å²) in [6.45, 7) is 5.72. The molecule has 2 N–H and O–H groups in total. The molecule has 2 rings (SSSR count). The van der Waals surface area contributed by atoms with E-state index in [2.05, 4.69) is 10.6 Å². The predicted octanol–water partition coefficient (Wildman–Crippen LogP) is 1.13. The lowest BCUT2D eigenvalue weighted by molar-refractivity contribution is -0.121. The summed E-state index contributed by atoms with van der Waals surface area (Å²) in [4.78, 5) is 25.5. The number of imide groups is 1. The molecule has 0 unspecified atom stereocenters. The third-order valence-electron chi connectivity index (χ3n) is 4.08. The number of hydrogen-bond acceptors (Lipinski definition) is 5. The van der Waals surface area contributed by atoms with Crippen molar-refractivity contribution in [3.8, 4) is 0 Å². The Morgan fingerprint density at radius 2 is 1.78 bits per heavy atom. The molecule has 1 fully saturated rings. The average Bonchev–Trinajstić information content (AvgIpc) is 2.60. The number of urea groups is 1.